The van der Waals surface area contributed by atoms with Crippen LogP contribution >= 0.6 is 0 Å². The summed E-state index contributed by atoms with van der Waals surface area (Å²) in [5.74, 6) is 1.03. The van der Waals surface area contributed by atoms with Gasteiger partial charge in [-0.05, 0) is 18.8 Å². The van der Waals surface area contributed by atoms with Gasteiger partial charge in [0.15, 0.2) is 5.69 Å². The molecule has 1 aliphatic rings. The van der Waals surface area contributed by atoms with Gasteiger partial charge in [0.2, 0.25) is 0 Å². The average molecular weight is 319 g/mol. The van der Waals surface area contributed by atoms with Crippen LogP contribution in [0.2, 0.25) is 0 Å². The van der Waals surface area contributed by atoms with Gasteiger partial charge in [-0.15, -0.1) is 0 Å². The molecule has 0 bridgehead atoms. The van der Waals surface area contributed by atoms with Crippen LogP contribution in [0.4, 0.5) is 5.69 Å². The van der Waals surface area contributed by atoms with Crippen LogP contribution in [0.3, 0.4) is 0 Å². The molecule has 23 heavy (non-hydrogen) atoms. The van der Waals surface area contributed by atoms with E-state index in [1.54, 1.807) is 0 Å². The maximum absolute atomic E-state index is 12.2. The standard InChI is InChI=1S/C14H17N5O4/c1-9-2-3-12-11(6-9)13(17-23-12)14(20)15-4-5-18-8-10(7-16-18)19(21)22/h7-9H,2-6H2,1H3,(H,15,20)/t9-/m1/s1. The minimum Gasteiger partial charge on any atom is -0.360 e. The Balaban J connectivity index is 1.57. The first-order valence-corrected chi connectivity index (χ1v) is 7.47. The number of aromatic nitrogens is 3. The lowest BCUT2D eigenvalue weighted by molar-refractivity contribution is -0.385. The van der Waals surface area contributed by atoms with Crippen LogP contribution in [-0.4, -0.2) is 32.3 Å². The highest BCUT2D eigenvalue weighted by atomic mass is 16.6. The molecule has 9 nitrogen and oxygen atoms in total. The molecule has 0 saturated carbocycles. The third kappa shape index (κ3) is 3.22. The monoisotopic (exact) mass is 319 g/mol. The summed E-state index contributed by atoms with van der Waals surface area (Å²) in [5.41, 5.74) is 1.17. The fourth-order valence-corrected chi connectivity index (χ4v) is 2.69. The Hall–Kier alpha value is -2.71. The minimum absolute atomic E-state index is 0.0733. The molecule has 0 unspecified atom stereocenters. The molecule has 0 fully saturated rings. The number of nitro groups is 1. The zero-order chi connectivity index (χ0) is 16.4. The van der Waals surface area contributed by atoms with Crippen molar-refractivity contribution in [2.75, 3.05) is 6.54 Å². The Morgan fingerprint density at radius 1 is 1.61 bits per heavy atom. The molecule has 0 spiro atoms. The first kappa shape index (κ1) is 15.2. The van der Waals surface area contributed by atoms with Crippen molar-refractivity contribution in [3.05, 3.63) is 39.5 Å². The fourth-order valence-electron chi connectivity index (χ4n) is 2.69. The summed E-state index contributed by atoms with van der Waals surface area (Å²) in [6.07, 6.45) is 5.16. The van der Waals surface area contributed by atoms with Gasteiger partial charge in [-0.3, -0.25) is 19.6 Å². The zero-order valence-corrected chi connectivity index (χ0v) is 12.7. The molecule has 0 radical (unpaired) electrons. The van der Waals surface area contributed by atoms with Crippen molar-refractivity contribution in [2.24, 2.45) is 5.92 Å². The summed E-state index contributed by atoms with van der Waals surface area (Å²) in [6.45, 7) is 2.78. The number of hydrogen-bond acceptors (Lipinski definition) is 6. The molecule has 1 aliphatic carbocycles. The Labute approximate surface area is 131 Å². The highest BCUT2D eigenvalue weighted by Crippen LogP contribution is 2.27. The van der Waals surface area contributed by atoms with Crippen molar-refractivity contribution >= 4 is 11.6 Å². The van der Waals surface area contributed by atoms with E-state index < -0.39 is 4.92 Å². The lowest BCUT2D eigenvalue weighted by Gasteiger charge is -2.16. The summed E-state index contributed by atoms with van der Waals surface area (Å²) in [4.78, 5) is 22.3. The number of hydrogen-bond donors (Lipinski definition) is 1. The normalized spacial score (nSPS) is 16.8. The summed E-state index contributed by atoms with van der Waals surface area (Å²) in [5, 5.41) is 21.1. The first-order valence-electron chi connectivity index (χ1n) is 7.47. The average Bonchev–Trinajstić information content (AvgIpc) is 3.13. The molecule has 2 heterocycles. The van der Waals surface area contributed by atoms with Crippen LogP contribution in [0.5, 0.6) is 0 Å². The summed E-state index contributed by atoms with van der Waals surface area (Å²) in [7, 11) is 0. The van der Waals surface area contributed by atoms with Gasteiger partial charge in [0, 0.05) is 18.5 Å². The molecule has 122 valence electrons. The van der Waals surface area contributed by atoms with Gasteiger partial charge in [-0.2, -0.15) is 5.10 Å². The Morgan fingerprint density at radius 2 is 2.43 bits per heavy atom. The molecule has 2 aromatic rings. The lowest BCUT2D eigenvalue weighted by Crippen LogP contribution is -2.29. The van der Waals surface area contributed by atoms with E-state index in [-0.39, 0.29) is 11.6 Å². The number of aryl methyl sites for hydroxylation is 1. The van der Waals surface area contributed by atoms with Crippen LogP contribution < -0.4 is 5.32 Å². The number of carbonyl (C=O) groups excluding carboxylic acids is 1. The molecule has 3 rings (SSSR count). The third-order valence-electron chi connectivity index (χ3n) is 3.96. The van der Waals surface area contributed by atoms with E-state index in [2.05, 4.69) is 22.5 Å². The van der Waals surface area contributed by atoms with Crippen molar-refractivity contribution in [1.82, 2.24) is 20.3 Å². The van der Waals surface area contributed by atoms with Crippen molar-refractivity contribution in [2.45, 2.75) is 32.7 Å². The summed E-state index contributed by atoms with van der Waals surface area (Å²) in [6, 6.07) is 0. The van der Waals surface area contributed by atoms with Gasteiger partial charge < -0.3 is 9.84 Å². The van der Waals surface area contributed by atoms with E-state index in [9.17, 15) is 14.9 Å². The van der Waals surface area contributed by atoms with Crippen LogP contribution in [0.15, 0.2) is 16.9 Å². The van der Waals surface area contributed by atoms with E-state index in [0.717, 1.165) is 30.6 Å². The van der Waals surface area contributed by atoms with Gasteiger partial charge in [0.1, 0.15) is 18.2 Å². The van der Waals surface area contributed by atoms with Crippen LogP contribution in [0.25, 0.3) is 0 Å². The maximum Gasteiger partial charge on any atom is 0.306 e. The van der Waals surface area contributed by atoms with Gasteiger partial charge >= 0.3 is 5.69 Å². The predicted molar refractivity (Wildman–Crippen MR) is 78.9 cm³/mol. The molecule has 0 aliphatic heterocycles. The number of fused-ring (bicyclic) bond motifs is 1. The second-order valence-electron chi connectivity index (χ2n) is 5.76. The van der Waals surface area contributed by atoms with E-state index >= 15 is 0 Å². The highest BCUT2D eigenvalue weighted by Gasteiger charge is 2.26. The smallest absolute Gasteiger partial charge is 0.306 e. The van der Waals surface area contributed by atoms with Crippen LogP contribution in [0, 0.1) is 16.0 Å². The van der Waals surface area contributed by atoms with Crippen molar-refractivity contribution in [3.63, 3.8) is 0 Å². The van der Waals surface area contributed by atoms with Crippen LogP contribution in [-0.2, 0) is 19.4 Å². The predicted octanol–water partition coefficient (Wildman–Crippen LogP) is 1.33. The van der Waals surface area contributed by atoms with E-state index in [1.165, 1.54) is 17.1 Å². The van der Waals surface area contributed by atoms with Gasteiger partial charge in [-0.25, -0.2) is 0 Å². The SMILES string of the molecule is C[C@@H]1CCc2onc(C(=O)NCCn3cc([N+](=O)[O-])cn3)c2C1. The zero-order valence-electron chi connectivity index (χ0n) is 12.7. The van der Waals surface area contributed by atoms with E-state index in [0.29, 0.717) is 24.7 Å². The number of carbonyl (C=O) groups is 1. The number of rotatable bonds is 5. The molecule has 1 atom stereocenters. The van der Waals surface area contributed by atoms with Gasteiger partial charge in [0.25, 0.3) is 5.91 Å². The Kier molecular flexibility index (Phi) is 4.09. The number of nitrogens with zero attached hydrogens (tertiary/aromatic N) is 4. The minimum atomic E-state index is -0.509. The fraction of sp³-hybridized carbons (Fsp3) is 0.500. The number of amides is 1. The lowest BCUT2D eigenvalue weighted by atomic mass is 9.88. The molecular formula is C14H17N5O4. The van der Waals surface area contributed by atoms with E-state index in [1.807, 2.05) is 0 Å². The largest absolute Gasteiger partial charge is 0.360 e. The van der Waals surface area contributed by atoms with Crippen molar-refractivity contribution < 1.29 is 14.2 Å². The molecular weight excluding hydrogens is 302 g/mol. The van der Waals surface area contributed by atoms with Gasteiger partial charge in [0.05, 0.1) is 11.5 Å². The Morgan fingerprint density at radius 3 is 3.17 bits per heavy atom. The van der Waals surface area contributed by atoms with Crippen LogP contribution in [0.1, 0.15) is 35.2 Å². The first-order chi connectivity index (χ1) is 11.0. The molecule has 1 N–H and O–H groups in total. The third-order valence-corrected chi connectivity index (χ3v) is 3.96. The second kappa shape index (κ2) is 6.19. The summed E-state index contributed by atoms with van der Waals surface area (Å²) < 4.78 is 6.66. The van der Waals surface area contributed by atoms with Crippen molar-refractivity contribution in [3.8, 4) is 0 Å². The Bertz CT molecular complexity index is 735. The van der Waals surface area contributed by atoms with Gasteiger partial charge in [-0.1, -0.05) is 12.1 Å². The molecule has 2 aromatic heterocycles. The summed E-state index contributed by atoms with van der Waals surface area (Å²) >= 11 is 0. The maximum atomic E-state index is 12.2. The van der Waals surface area contributed by atoms with Crippen molar-refractivity contribution in [1.29, 1.82) is 0 Å². The highest BCUT2D eigenvalue weighted by molar-refractivity contribution is 5.93. The molecule has 0 aromatic carbocycles. The topological polar surface area (TPSA) is 116 Å². The second-order valence-corrected chi connectivity index (χ2v) is 5.76. The number of nitrogens with one attached hydrogen (secondary N) is 1. The molecule has 0 saturated heterocycles. The molecule has 1 amide bonds. The van der Waals surface area contributed by atoms with E-state index in [4.69, 9.17) is 4.52 Å². The quantitative estimate of drug-likeness (QED) is 0.656. The molecule has 9 heteroatoms.